The highest BCUT2D eigenvalue weighted by atomic mass is 32.2. The fraction of sp³-hybridized carbons (Fsp3) is 0.571. The van der Waals surface area contributed by atoms with Gasteiger partial charge in [0.05, 0.1) is 11.9 Å². The number of alkyl halides is 6. The van der Waals surface area contributed by atoms with E-state index < -0.39 is 41.5 Å². The van der Waals surface area contributed by atoms with E-state index in [-0.39, 0.29) is 31.6 Å². The van der Waals surface area contributed by atoms with Crippen LogP contribution >= 0.6 is 0 Å². The third-order valence-corrected chi connectivity index (χ3v) is 4.88. The Kier molecular flexibility index (Phi) is 6.62. The second-order valence-electron chi connectivity index (χ2n) is 5.86. The minimum absolute atomic E-state index is 0.00396. The summed E-state index contributed by atoms with van der Waals surface area (Å²) in [7, 11) is -3.08. The van der Waals surface area contributed by atoms with Crippen LogP contribution in [0.25, 0.3) is 0 Å². The number of carbonyl (C=O) groups is 1. The van der Waals surface area contributed by atoms with Crippen molar-refractivity contribution >= 4 is 22.7 Å². The third kappa shape index (κ3) is 5.39. The Morgan fingerprint density at radius 2 is 1.75 bits per heavy atom. The minimum atomic E-state index is -5.80. The van der Waals surface area contributed by atoms with Crippen molar-refractivity contribution in [2.75, 3.05) is 17.4 Å². The molecule has 1 fully saturated rings. The molecule has 0 bridgehead atoms. The van der Waals surface area contributed by atoms with Crippen LogP contribution in [-0.2, 0) is 15.6 Å². The van der Waals surface area contributed by atoms with E-state index in [1.165, 1.54) is 24.5 Å². The van der Waals surface area contributed by atoms with Gasteiger partial charge in [0.25, 0.3) is 6.10 Å². The Morgan fingerprint density at radius 1 is 1.18 bits per heavy atom. The summed E-state index contributed by atoms with van der Waals surface area (Å²) in [4.78, 5) is 16.2. The SMILES string of the molecule is O=C(OC(C(F)(F)F)C(F)(F)F)N1CCC(N(c2cccnc2)[SH](=O)=O)CC1. The third-order valence-electron chi connectivity index (χ3n) is 3.97. The molecule has 1 amide bonds. The largest absolute Gasteiger partial charge is 0.434 e. The van der Waals surface area contributed by atoms with Crippen molar-refractivity contribution in [2.24, 2.45) is 0 Å². The average Bonchev–Trinajstić information content (AvgIpc) is 2.59. The lowest BCUT2D eigenvalue weighted by molar-refractivity contribution is -0.308. The maximum atomic E-state index is 12.5. The maximum Gasteiger partial charge on any atom is 0.434 e. The molecule has 0 unspecified atom stereocenters. The molecule has 1 aromatic heterocycles. The predicted octanol–water partition coefficient (Wildman–Crippen LogP) is 2.51. The van der Waals surface area contributed by atoms with Crippen LogP contribution in [0.3, 0.4) is 0 Å². The lowest BCUT2D eigenvalue weighted by Crippen LogP contribution is -2.51. The first-order valence-corrected chi connectivity index (χ1v) is 8.97. The molecule has 1 aliphatic rings. The molecule has 2 heterocycles. The van der Waals surface area contributed by atoms with E-state index in [0.717, 1.165) is 4.31 Å². The summed E-state index contributed by atoms with van der Waals surface area (Å²) >= 11 is 0. The maximum absolute atomic E-state index is 12.5. The number of aromatic nitrogens is 1. The average molecular weight is 435 g/mol. The fourth-order valence-corrected chi connectivity index (χ4v) is 3.52. The molecule has 0 N–H and O–H groups in total. The van der Waals surface area contributed by atoms with Gasteiger partial charge in [-0.3, -0.25) is 9.29 Å². The molecular weight excluding hydrogens is 420 g/mol. The summed E-state index contributed by atoms with van der Waals surface area (Å²) in [5, 5.41) is 0. The molecule has 7 nitrogen and oxygen atoms in total. The van der Waals surface area contributed by atoms with E-state index in [9.17, 15) is 39.6 Å². The van der Waals surface area contributed by atoms with Gasteiger partial charge in [-0.1, -0.05) is 0 Å². The van der Waals surface area contributed by atoms with Crippen molar-refractivity contribution in [3.8, 4) is 0 Å². The van der Waals surface area contributed by atoms with Crippen LogP contribution < -0.4 is 4.31 Å². The number of ether oxygens (including phenoxy) is 1. The van der Waals surface area contributed by atoms with Gasteiger partial charge in [0.1, 0.15) is 0 Å². The lowest BCUT2D eigenvalue weighted by atomic mass is 10.1. The number of halogens is 6. The van der Waals surface area contributed by atoms with Crippen LogP contribution in [0.4, 0.5) is 36.8 Å². The molecule has 1 aromatic rings. The number of anilines is 1. The first kappa shape index (κ1) is 22.0. The second kappa shape index (κ2) is 8.41. The zero-order valence-electron chi connectivity index (χ0n) is 14.0. The highest BCUT2D eigenvalue weighted by Gasteiger charge is 2.60. The fourth-order valence-electron chi connectivity index (χ4n) is 2.72. The van der Waals surface area contributed by atoms with E-state index in [4.69, 9.17) is 0 Å². The molecule has 2 rings (SSSR count). The second-order valence-corrected chi connectivity index (χ2v) is 6.77. The van der Waals surface area contributed by atoms with Gasteiger partial charge in [0, 0.05) is 25.3 Å². The van der Waals surface area contributed by atoms with E-state index in [2.05, 4.69) is 9.72 Å². The Hall–Kier alpha value is -2.25. The Morgan fingerprint density at radius 3 is 2.18 bits per heavy atom. The molecule has 0 aliphatic carbocycles. The normalized spacial score (nSPS) is 16.5. The molecule has 0 aromatic carbocycles. The number of piperidine rings is 1. The summed E-state index contributed by atoms with van der Waals surface area (Å²) in [5.74, 6) is 0. The molecule has 0 saturated carbocycles. The number of pyridine rings is 1. The van der Waals surface area contributed by atoms with Gasteiger partial charge in [-0.25, -0.2) is 13.2 Å². The van der Waals surface area contributed by atoms with Gasteiger partial charge in [-0.05, 0) is 25.0 Å². The van der Waals surface area contributed by atoms with Crippen molar-refractivity contribution in [2.45, 2.75) is 37.3 Å². The number of likely N-dealkylation sites (tertiary alicyclic amines) is 1. The highest BCUT2D eigenvalue weighted by Crippen LogP contribution is 2.36. The number of hydrogen-bond acceptors (Lipinski definition) is 5. The number of amides is 1. The van der Waals surface area contributed by atoms with Crippen molar-refractivity contribution in [1.82, 2.24) is 9.88 Å². The van der Waals surface area contributed by atoms with Crippen molar-refractivity contribution in [3.63, 3.8) is 0 Å². The minimum Gasteiger partial charge on any atom is -0.426 e. The zero-order valence-corrected chi connectivity index (χ0v) is 14.9. The van der Waals surface area contributed by atoms with Crippen LogP contribution in [0, 0.1) is 0 Å². The summed E-state index contributed by atoms with van der Waals surface area (Å²) in [6.45, 7) is -0.544. The first-order valence-electron chi connectivity index (χ1n) is 7.84. The number of nitrogens with zero attached hydrogens (tertiary/aromatic N) is 3. The summed E-state index contributed by atoms with van der Waals surface area (Å²) < 4.78 is 103. The Bertz CT molecular complexity index is 726. The molecule has 0 radical (unpaired) electrons. The van der Waals surface area contributed by atoms with E-state index in [1.807, 2.05) is 0 Å². The number of rotatable bonds is 4. The van der Waals surface area contributed by atoms with Crippen LogP contribution in [0.15, 0.2) is 24.5 Å². The smallest absolute Gasteiger partial charge is 0.426 e. The van der Waals surface area contributed by atoms with Gasteiger partial charge in [0.2, 0.25) is 10.9 Å². The summed E-state index contributed by atoms with van der Waals surface area (Å²) in [5.41, 5.74) is 0.258. The molecular formula is C14H15F6N3O4S. The van der Waals surface area contributed by atoms with E-state index in [1.54, 1.807) is 0 Å². The summed E-state index contributed by atoms with van der Waals surface area (Å²) in [6, 6.07) is 2.35. The monoisotopic (exact) mass is 435 g/mol. The standard InChI is InChI=1S/C14H15F6N3O4S/c15-13(16,17)11(14(18,19)20)27-12(24)22-6-3-9(4-7-22)23(28(25)26)10-2-1-5-21-8-10/h1-2,5,8-9,11,28H,3-4,6-7H2. The van der Waals surface area contributed by atoms with Crippen LogP contribution in [0.1, 0.15) is 12.8 Å². The highest BCUT2D eigenvalue weighted by molar-refractivity contribution is 7.74. The van der Waals surface area contributed by atoms with E-state index in [0.29, 0.717) is 4.90 Å². The van der Waals surface area contributed by atoms with E-state index >= 15 is 0 Å². The molecule has 1 aliphatic heterocycles. The number of carbonyl (C=O) groups excluding carboxylic acids is 1. The molecule has 0 atom stereocenters. The lowest BCUT2D eigenvalue weighted by Gasteiger charge is -2.36. The quantitative estimate of drug-likeness (QED) is 0.581. The van der Waals surface area contributed by atoms with Crippen molar-refractivity contribution in [1.29, 1.82) is 0 Å². The van der Waals surface area contributed by atoms with Crippen molar-refractivity contribution < 1.29 is 44.3 Å². The topological polar surface area (TPSA) is 79.8 Å². The zero-order chi connectivity index (χ0) is 21.1. The first-order chi connectivity index (χ1) is 12.9. The van der Waals surface area contributed by atoms with Crippen LogP contribution in [0.5, 0.6) is 0 Å². The molecule has 28 heavy (non-hydrogen) atoms. The predicted molar refractivity (Wildman–Crippen MR) is 84.0 cm³/mol. The molecule has 1 saturated heterocycles. The van der Waals surface area contributed by atoms with Crippen molar-refractivity contribution in [3.05, 3.63) is 24.5 Å². The summed E-state index contributed by atoms with van der Waals surface area (Å²) in [6.07, 6.45) is -14.9. The molecule has 158 valence electrons. The van der Waals surface area contributed by atoms with Crippen LogP contribution in [-0.4, -0.2) is 62.0 Å². The van der Waals surface area contributed by atoms with Crippen LogP contribution in [0.2, 0.25) is 0 Å². The van der Waals surface area contributed by atoms with Gasteiger partial charge >= 0.3 is 18.4 Å². The number of thiol groups is 1. The molecule has 14 heteroatoms. The Balaban J connectivity index is 2.03. The molecule has 0 spiro atoms. The van der Waals surface area contributed by atoms with Gasteiger partial charge in [-0.15, -0.1) is 0 Å². The van der Waals surface area contributed by atoms with Gasteiger partial charge < -0.3 is 9.64 Å². The van der Waals surface area contributed by atoms with Gasteiger partial charge in [0.15, 0.2) is 0 Å². The Labute approximate surface area is 157 Å². The number of hydrogen-bond donors (Lipinski definition) is 1. The van der Waals surface area contributed by atoms with Gasteiger partial charge in [-0.2, -0.15) is 26.3 Å².